The van der Waals surface area contributed by atoms with Gasteiger partial charge in [0.15, 0.2) is 0 Å². The summed E-state index contributed by atoms with van der Waals surface area (Å²) in [5.74, 6) is 0.986. The van der Waals surface area contributed by atoms with Crippen LogP contribution in [0.3, 0.4) is 0 Å². The number of halogens is 1. The fraction of sp³-hybridized carbons (Fsp3) is 0.357. The number of nitrogens with zero attached hydrogens (tertiary/aromatic N) is 2. The van der Waals surface area contributed by atoms with E-state index < -0.39 is 0 Å². The largest absolute Gasteiger partial charge is 0.327 e. The molecule has 0 bridgehead atoms. The number of rotatable bonds is 4. The van der Waals surface area contributed by atoms with Gasteiger partial charge in [-0.2, -0.15) is 0 Å². The molecule has 1 aromatic carbocycles. The predicted molar refractivity (Wildman–Crippen MR) is 78.0 cm³/mol. The molecule has 18 heavy (non-hydrogen) atoms. The van der Waals surface area contributed by atoms with Gasteiger partial charge in [0, 0.05) is 28.6 Å². The summed E-state index contributed by atoms with van der Waals surface area (Å²) in [5, 5.41) is 0. The van der Waals surface area contributed by atoms with E-state index in [9.17, 15) is 0 Å². The molecule has 1 heterocycles. The van der Waals surface area contributed by atoms with Gasteiger partial charge in [-0.3, -0.25) is 0 Å². The SMILES string of the molecule is CCC(N)Cc1ccc(-n2ccnc2C)cc1Br. The topological polar surface area (TPSA) is 43.8 Å². The van der Waals surface area contributed by atoms with Gasteiger partial charge in [0.2, 0.25) is 0 Å². The van der Waals surface area contributed by atoms with Crippen LogP contribution in [0.2, 0.25) is 0 Å². The van der Waals surface area contributed by atoms with Crippen molar-refractivity contribution < 1.29 is 0 Å². The van der Waals surface area contributed by atoms with Gasteiger partial charge in [-0.1, -0.05) is 28.9 Å². The number of hydrogen-bond donors (Lipinski definition) is 1. The number of imidazole rings is 1. The van der Waals surface area contributed by atoms with E-state index in [2.05, 4.69) is 50.6 Å². The van der Waals surface area contributed by atoms with E-state index in [1.807, 2.05) is 19.3 Å². The summed E-state index contributed by atoms with van der Waals surface area (Å²) >= 11 is 3.63. The molecule has 0 saturated heterocycles. The van der Waals surface area contributed by atoms with Crippen molar-refractivity contribution in [2.45, 2.75) is 32.7 Å². The molecule has 2 rings (SSSR count). The van der Waals surface area contributed by atoms with Crippen LogP contribution in [0.15, 0.2) is 35.1 Å². The maximum Gasteiger partial charge on any atom is 0.110 e. The summed E-state index contributed by atoms with van der Waals surface area (Å²) in [6.07, 6.45) is 5.67. The first kappa shape index (κ1) is 13.3. The van der Waals surface area contributed by atoms with Crippen molar-refractivity contribution in [3.63, 3.8) is 0 Å². The molecule has 0 aliphatic rings. The molecule has 0 spiro atoms. The third-order valence-corrected chi connectivity index (χ3v) is 3.89. The minimum absolute atomic E-state index is 0.224. The molecule has 2 N–H and O–H groups in total. The average molecular weight is 308 g/mol. The quantitative estimate of drug-likeness (QED) is 0.942. The van der Waals surface area contributed by atoms with E-state index in [0.717, 1.165) is 28.8 Å². The Morgan fingerprint density at radius 3 is 2.78 bits per heavy atom. The van der Waals surface area contributed by atoms with Gasteiger partial charge >= 0.3 is 0 Å². The minimum atomic E-state index is 0.224. The van der Waals surface area contributed by atoms with Gasteiger partial charge in [-0.15, -0.1) is 0 Å². The zero-order valence-corrected chi connectivity index (χ0v) is 12.3. The van der Waals surface area contributed by atoms with Crippen molar-refractivity contribution in [2.24, 2.45) is 5.73 Å². The molecule has 3 nitrogen and oxygen atoms in total. The van der Waals surface area contributed by atoms with Gasteiger partial charge in [0.1, 0.15) is 5.82 Å². The lowest BCUT2D eigenvalue weighted by Gasteiger charge is -2.12. The Balaban J connectivity index is 2.28. The maximum absolute atomic E-state index is 5.99. The third kappa shape index (κ3) is 2.82. The molecule has 1 unspecified atom stereocenters. The van der Waals surface area contributed by atoms with E-state index in [-0.39, 0.29) is 6.04 Å². The van der Waals surface area contributed by atoms with Crippen LogP contribution in [0, 0.1) is 6.92 Å². The highest BCUT2D eigenvalue weighted by molar-refractivity contribution is 9.10. The third-order valence-electron chi connectivity index (χ3n) is 3.15. The maximum atomic E-state index is 5.99. The van der Waals surface area contributed by atoms with Crippen LogP contribution < -0.4 is 5.73 Å². The van der Waals surface area contributed by atoms with E-state index in [1.54, 1.807) is 0 Å². The minimum Gasteiger partial charge on any atom is -0.327 e. The van der Waals surface area contributed by atoms with Gasteiger partial charge in [-0.25, -0.2) is 4.98 Å². The molecule has 0 aliphatic carbocycles. The summed E-state index contributed by atoms with van der Waals surface area (Å²) in [6, 6.07) is 6.58. The Morgan fingerprint density at radius 1 is 1.44 bits per heavy atom. The monoisotopic (exact) mass is 307 g/mol. The number of benzene rings is 1. The summed E-state index contributed by atoms with van der Waals surface area (Å²) in [6.45, 7) is 4.11. The summed E-state index contributed by atoms with van der Waals surface area (Å²) < 4.78 is 3.17. The van der Waals surface area contributed by atoms with Crippen LogP contribution in [0.1, 0.15) is 24.7 Å². The van der Waals surface area contributed by atoms with E-state index in [0.29, 0.717) is 0 Å². The lowest BCUT2D eigenvalue weighted by atomic mass is 10.0. The Bertz CT molecular complexity index is 534. The van der Waals surface area contributed by atoms with Crippen molar-refractivity contribution >= 4 is 15.9 Å². The van der Waals surface area contributed by atoms with E-state index in [1.165, 1.54) is 5.56 Å². The number of aryl methyl sites for hydroxylation is 1. The number of nitrogens with two attached hydrogens (primary N) is 1. The van der Waals surface area contributed by atoms with Crippen LogP contribution in [-0.4, -0.2) is 15.6 Å². The number of aromatic nitrogens is 2. The van der Waals surface area contributed by atoms with E-state index >= 15 is 0 Å². The van der Waals surface area contributed by atoms with Crippen molar-refractivity contribution in [1.29, 1.82) is 0 Å². The standard InChI is InChI=1S/C14H18BrN3/c1-3-12(16)8-11-4-5-13(9-14(11)15)18-7-6-17-10(18)2/h4-7,9,12H,3,8,16H2,1-2H3. The van der Waals surface area contributed by atoms with Gasteiger partial charge in [0.25, 0.3) is 0 Å². The fourth-order valence-electron chi connectivity index (χ4n) is 1.93. The fourth-order valence-corrected chi connectivity index (χ4v) is 2.46. The van der Waals surface area contributed by atoms with E-state index in [4.69, 9.17) is 5.73 Å². The second-order valence-electron chi connectivity index (χ2n) is 4.49. The Labute approximate surface area is 116 Å². The molecule has 0 saturated carbocycles. The van der Waals surface area contributed by atoms with Gasteiger partial charge < -0.3 is 10.3 Å². The molecule has 96 valence electrons. The molecule has 0 fully saturated rings. The second kappa shape index (κ2) is 5.67. The Hall–Kier alpha value is -1.13. The molecular formula is C14H18BrN3. The normalized spacial score (nSPS) is 12.7. The Kier molecular flexibility index (Phi) is 4.19. The zero-order chi connectivity index (χ0) is 13.1. The summed E-state index contributed by atoms with van der Waals surface area (Å²) in [5.41, 5.74) is 8.37. The molecule has 0 aliphatic heterocycles. The highest BCUT2D eigenvalue weighted by atomic mass is 79.9. The zero-order valence-electron chi connectivity index (χ0n) is 10.7. The summed E-state index contributed by atoms with van der Waals surface area (Å²) in [7, 11) is 0. The highest BCUT2D eigenvalue weighted by Gasteiger charge is 2.07. The van der Waals surface area contributed by atoms with Gasteiger partial charge in [0.05, 0.1) is 0 Å². The molecule has 1 aromatic heterocycles. The second-order valence-corrected chi connectivity index (χ2v) is 5.35. The van der Waals surface area contributed by atoms with Crippen molar-refractivity contribution in [1.82, 2.24) is 9.55 Å². The molecule has 4 heteroatoms. The Morgan fingerprint density at radius 2 is 2.22 bits per heavy atom. The highest BCUT2D eigenvalue weighted by Crippen LogP contribution is 2.23. The van der Waals surface area contributed by atoms with Crippen LogP contribution in [-0.2, 0) is 6.42 Å². The van der Waals surface area contributed by atoms with Crippen molar-refractivity contribution in [3.8, 4) is 5.69 Å². The smallest absolute Gasteiger partial charge is 0.110 e. The predicted octanol–water partition coefficient (Wildman–Crippen LogP) is 3.22. The van der Waals surface area contributed by atoms with Crippen LogP contribution in [0.5, 0.6) is 0 Å². The molecule has 1 atom stereocenters. The molecule has 0 amide bonds. The lowest BCUT2D eigenvalue weighted by Crippen LogP contribution is -2.21. The van der Waals surface area contributed by atoms with Crippen LogP contribution in [0.4, 0.5) is 0 Å². The van der Waals surface area contributed by atoms with Crippen molar-refractivity contribution in [2.75, 3.05) is 0 Å². The lowest BCUT2D eigenvalue weighted by molar-refractivity contribution is 0.645. The first-order chi connectivity index (χ1) is 8.61. The first-order valence-electron chi connectivity index (χ1n) is 6.16. The summed E-state index contributed by atoms with van der Waals surface area (Å²) in [4.78, 5) is 4.23. The van der Waals surface area contributed by atoms with Crippen molar-refractivity contribution in [3.05, 3.63) is 46.5 Å². The van der Waals surface area contributed by atoms with Gasteiger partial charge in [-0.05, 0) is 37.5 Å². The van der Waals surface area contributed by atoms with Crippen LogP contribution >= 0.6 is 15.9 Å². The van der Waals surface area contributed by atoms with Crippen LogP contribution in [0.25, 0.3) is 5.69 Å². The number of hydrogen-bond acceptors (Lipinski definition) is 2. The molecular weight excluding hydrogens is 290 g/mol. The molecule has 0 radical (unpaired) electrons. The molecule has 2 aromatic rings. The first-order valence-corrected chi connectivity index (χ1v) is 6.95. The average Bonchev–Trinajstić information content (AvgIpc) is 2.78.